The average Bonchev–Trinajstić information content (AvgIpc) is 2.92. The highest BCUT2D eigenvalue weighted by Crippen LogP contribution is 2.30. The van der Waals surface area contributed by atoms with Crippen LogP contribution < -0.4 is 10.1 Å². The topological polar surface area (TPSA) is 80.4 Å². The predicted molar refractivity (Wildman–Crippen MR) is 74.8 cm³/mol. The van der Waals surface area contributed by atoms with Crippen molar-refractivity contribution in [3.05, 3.63) is 24.1 Å². The van der Waals surface area contributed by atoms with Gasteiger partial charge in [0.05, 0.1) is 7.11 Å². The largest absolute Gasteiger partial charge is 0.504 e. The van der Waals surface area contributed by atoms with Gasteiger partial charge in [0.25, 0.3) is 0 Å². The van der Waals surface area contributed by atoms with Gasteiger partial charge in [-0.25, -0.2) is 0 Å². The van der Waals surface area contributed by atoms with Crippen molar-refractivity contribution >= 4 is 0 Å². The SMILES string of the molecule is CCNCCCc1nnc(-c2ccc(OC)c(O)c2)o1. The molecule has 0 saturated heterocycles. The van der Waals surface area contributed by atoms with Crippen LogP contribution in [0, 0.1) is 0 Å². The number of hydrogen-bond acceptors (Lipinski definition) is 6. The lowest BCUT2D eigenvalue weighted by Gasteiger charge is -2.03. The Bertz CT molecular complexity index is 554. The maximum Gasteiger partial charge on any atom is 0.247 e. The van der Waals surface area contributed by atoms with E-state index >= 15 is 0 Å². The van der Waals surface area contributed by atoms with Crippen molar-refractivity contribution in [3.63, 3.8) is 0 Å². The van der Waals surface area contributed by atoms with Gasteiger partial charge in [-0.2, -0.15) is 0 Å². The van der Waals surface area contributed by atoms with Crippen molar-refractivity contribution in [1.82, 2.24) is 15.5 Å². The molecule has 2 rings (SSSR count). The molecule has 0 bridgehead atoms. The summed E-state index contributed by atoms with van der Waals surface area (Å²) in [5, 5.41) is 21.0. The quantitative estimate of drug-likeness (QED) is 0.753. The lowest BCUT2D eigenvalue weighted by molar-refractivity contribution is 0.373. The molecule has 0 aliphatic rings. The Morgan fingerprint density at radius 3 is 2.90 bits per heavy atom. The summed E-state index contributed by atoms with van der Waals surface area (Å²) in [6.45, 7) is 3.96. The third kappa shape index (κ3) is 3.48. The Kier molecular flexibility index (Phi) is 4.95. The number of ether oxygens (including phenoxy) is 1. The zero-order valence-corrected chi connectivity index (χ0v) is 11.7. The van der Waals surface area contributed by atoms with Gasteiger partial charge in [0.2, 0.25) is 11.8 Å². The Balaban J connectivity index is 2.03. The van der Waals surface area contributed by atoms with Crippen LogP contribution in [-0.2, 0) is 6.42 Å². The molecular weight excluding hydrogens is 258 g/mol. The molecule has 0 aliphatic heterocycles. The average molecular weight is 277 g/mol. The second-order valence-corrected chi connectivity index (χ2v) is 4.34. The monoisotopic (exact) mass is 277 g/mol. The van der Waals surface area contributed by atoms with E-state index < -0.39 is 0 Å². The van der Waals surface area contributed by atoms with Gasteiger partial charge in [-0.3, -0.25) is 0 Å². The zero-order chi connectivity index (χ0) is 14.4. The van der Waals surface area contributed by atoms with Crippen molar-refractivity contribution in [2.75, 3.05) is 20.2 Å². The number of methoxy groups -OCH3 is 1. The number of phenolic OH excluding ortho intramolecular Hbond substituents is 1. The molecule has 0 spiro atoms. The molecule has 0 saturated carbocycles. The number of aromatic hydroxyl groups is 1. The first kappa shape index (κ1) is 14.3. The minimum Gasteiger partial charge on any atom is -0.504 e. The molecule has 0 amide bonds. The van der Waals surface area contributed by atoms with Crippen LogP contribution in [0.3, 0.4) is 0 Å². The van der Waals surface area contributed by atoms with Crippen LogP contribution in [0.15, 0.2) is 22.6 Å². The van der Waals surface area contributed by atoms with Crippen molar-refractivity contribution in [2.24, 2.45) is 0 Å². The number of aryl methyl sites for hydroxylation is 1. The summed E-state index contributed by atoms with van der Waals surface area (Å²) in [7, 11) is 1.50. The first-order valence-corrected chi connectivity index (χ1v) is 6.65. The molecule has 20 heavy (non-hydrogen) atoms. The maximum absolute atomic E-state index is 9.74. The van der Waals surface area contributed by atoms with E-state index in [1.165, 1.54) is 7.11 Å². The molecule has 6 nitrogen and oxygen atoms in total. The normalized spacial score (nSPS) is 10.7. The second kappa shape index (κ2) is 6.91. The van der Waals surface area contributed by atoms with Crippen LogP contribution >= 0.6 is 0 Å². The summed E-state index contributed by atoms with van der Waals surface area (Å²) < 4.78 is 10.6. The molecule has 2 N–H and O–H groups in total. The lowest BCUT2D eigenvalue weighted by atomic mass is 10.2. The number of phenols is 1. The van der Waals surface area contributed by atoms with E-state index in [1.54, 1.807) is 18.2 Å². The fourth-order valence-corrected chi connectivity index (χ4v) is 1.84. The molecule has 2 aromatic rings. The fourth-order valence-electron chi connectivity index (χ4n) is 1.84. The summed E-state index contributed by atoms with van der Waals surface area (Å²) in [5.74, 6) is 1.48. The predicted octanol–water partition coefficient (Wildman–Crippen LogP) is 1.99. The first-order valence-electron chi connectivity index (χ1n) is 6.65. The molecule has 0 atom stereocenters. The van der Waals surface area contributed by atoms with E-state index in [9.17, 15) is 5.11 Å². The van der Waals surface area contributed by atoms with Crippen LogP contribution in [0.4, 0.5) is 0 Å². The molecule has 0 unspecified atom stereocenters. The van der Waals surface area contributed by atoms with Gasteiger partial charge in [-0.1, -0.05) is 6.92 Å². The molecule has 0 radical (unpaired) electrons. The minimum absolute atomic E-state index is 0.0527. The number of aromatic nitrogens is 2. The highest BCUT2D eigenvalue weighted by Gasteiger charge is 2.11. The molecule has 0 aliphatic carbocycles. The van der Waals surface area contributed by atoms with E-state index in [2.05, 4.69) is 22.4 Å². The smallest absolute Gasteiger partial charge is 0.247 e. The third-order valence-corrected chi connectivity index (χ3v) is 2.89. The van der Waals surface area contributed by atoms with Gasteiger partial charge in [0.15, 0.2) is 11.5 Å². The van der Waals surface area contributed by atoms with E-state index in [4.69, 9.17) is 9.15 Å². The van der Waals surface area contributed by atoms with Gasteiger partial charge in [-0.05, 0) is 37.7 Å². The standard InChI is InChI=1S/C14H19N3O3/c1-3-15-8-4-5-13-16-17-14(20-13)10-6-7-12(19-2)11(18)9-10/h6-7,9,15,18H,3-5,8H2,1-2H3. The molecule has 6 heteroatoms. The van der Waals surface area contributed by atoms with Crippen molar-refractivity contribution in [1.29, 1.82) is 0 Å². The summed E-state index contributed by atoms with van der Waals surface area (Å²) in [5.41, 5.74) is 0.675. The van der Waals surface area contributed by atoms with Crippen LogP contribution in [0.2, 0.25) is 0 Å². The number of rotatable bonds is 7. The summed E-state index contributed by atoms with van der Waals surface area (Å²) in [6.07, 6.45) is 1.69. The Morgan fingerprint density at radius 2 is 2.20 bits per heavy atom. The Morgan fingerprint density at radius 1 is 1.35 bits per heavy atom. The first-order chi connectivity index (χ1) is 9.74. The van der Waals surface area contributed by atoms with Gasteiger partial charge in [-0.15, -0.1) is 10.2 Å². The van der Waals surface area contributed by atoms with Crippen LogP contribution in [0.5, 0.6) is 11.5 Å². The molecule has 0 fully saturated rings. The van der Waals surface area contributed by atoms with Crippen LogP contribution in [-0.4, -0.2) is 35.5 Å². The number of benzene rings is 1. The van der Waals surface area contributed by atoms with Crippen LogP contribution in [0.1, 0.15) is 19.2 Å². The van der Waals surface area contributed by atoms with Crippen LogP contribution in [0.25, 0.3) is 11.5 Å². The fraction of sp³-hybridized carbons (Fsp3) is 0.429. The van der Waals surface area contributed by atoms with Crippen molar-refractivity contribution in [2.45, 2.75) is 19.8 Å². The molecular formula is C14H19N3O3. The second-order valence-electron chi connectivity index (χ2n) is 4.34. The number of nitrogens with one attached hydrogen (secondary N) is 1. The highest BCUT2D eigenvalue weighted by atomic mass is 16.5. The molecule has 1 aromatic heterocycles. The molecule has 1 aromatic carbocycles. The molecule has 108 valence electrons. The summed E-state index contributed by atoms with van der Waals surface area (Å²) >= 11 is 0. The van der Waals surface area contributed by atoms with Crippen molar-refractivity contribution < 1.29 is 14.3 Å². The summed E-state index contributed by atoms with van der Waals surface area (Å²) in [4.78, 5) is 0. The maximum atomic E-state index is 9.74. The van der Waals surface area contributed by atoms with Gasteiger partial charge in [0, 0.05) is 12.0 Å². The highest BCUT2D eigenvalue weighted by molar-refractivity contribution is 5.59. The van der Waals surface area contributed by atoms with Gasteiger partial charge < -0.3 is 19.6 Å². The van der Waals surface area contributed by atoms with E-state index in [0.717, 1.165) is 25.9 Å². The minimum atomic E-state index is 0.0527. The lowest BCUT2D eigenvalue weighted by Crippen LogP contribution is -2.14. The number of nitrogens with zero attached hydrogens (tertiary/aromatic N) is 2. The Labute approximate surface area is 117 Å². The third-order valence-electron chi connectivity index (χ3n) is 2.89. The van der Waals surface area contributed by atoms with E-state index in [-0.39, 0.29) is 5.75 Å². The Hall–Kier alpha value is -2.08. The molecule has 1 heterocycles. The van der Waals surface area contributed by atoms with Gasteiger partial charge in [0.1, 0.15) is 0 Å². The summed E-state index contributed by atoms with van der Waals surface area (Å²) in [6, 6.07) is 4.99. The van der Waals surface area contributed by atoms with E-state index in [1.807, 2.05) is 0 Å². The van der Waals surface area contributed by atoms with E-state index in [0.29, 0.717) is 23.1 Å². The number of hydrogen-bond donors (Lipinski definition) is 2. The van der Waals surface area contributed by atoms with Crippen molar-refractivity contribution in [3.8, 4) is 23.0 Å². The van der Waals surface area contributed by atoms with Gasteiger partial charge >= 0.3 is 0 Å². The zero-order valence-electron chi connectivity index (χ0n) is 11.7.